The molecule has 1 saturated heterocycles. The number of carbonyl (C=O) groups excluding carboxylic acids is 2. The van der Waals surface area contributed by atoms with Gasteiger partial charge in [0.15, 0.2) is 0 Å². The van der Waals surface area contributed by atoms with Crippen LogP contribution in [0.15, 0.2) is 76.1 Å². The maximum absolute atomic E-state index is 13.0. The minimum atomic E-state index is -0.360. The first-order valence-electron chi connectivity index (χ1n) is 9.85. The van der Waals surface area contributed by atoms with Crippen molar-refractivity contribution in [3.05, 3.63) is 103 Å². The summed E-state index contributed by atoms with van der Waals surface area (Å²) in [4.78, 5) is 27.0. The van der Waals surface area contributed by atoms with Gasteiger partial charge in [0.25, 0.3) is 11.1 Å². The fourth-order valence-corrected chi connectivity index (χ4v) is 4.56. The second kappa shape index (κ2) is 10.3. The predicted molar refractivity (Wildman–Crippen MR) is 133 cm³/mol. The van der Waals surface area contributed by atoms with E-state index < -0.39 is 0 Å². The Hall–Kier alpha value is -3.05. The number of rotatable bonds is 6. The number of thioether (sulfide) groups is 1. The van der Waals surface area contributed by atoms with Gasteiger partial charge in [-0.2, -0.15) is 5.26 Å². The SMILES string of the molecule is N#Cc1ccccc1COc1ccc(Br)cc1C=C1SC(=O)N(Cc2ccc(Cl)cc2)C1=O. The van der Waals surface area contributed by atoms with Crippen LogP contribution < -0.4 is 4.74 Å². The Morgan fingerprint density at radius 3 is 2.61 bits per heavy atom. The number of ether oxygens (including phenoxy) is 1. The largest absolute Gasteiger partial charge is 0.488 e. The van der Waals surface area contributed by atoms with Gasteiger partial charge in [-0.05, 0) is 59.8 Å². The van der Waals surface area contributed by atoms with Crippen LogP contribution >= 0.6 is 39.3 Å². The van der Waals surface area contributed by atoms with Crippen LogP contribution in [-0.4, -0.2) is 16.0 Å². The number of benzene rings is 3. The summed E-state index contributed by atoms with van der Waals surface area (Å²) in [6.07, 6.45) is 1.66. The normalized spacial score (nSPS) is 14.6. The maximum Gasteiger partial charge on any atom is 0.293 e. The van der Waals surface area contributed by atoms with Crippen LogP contribution in [0.25, 0.3) is 6.08 Å². The predicted octanol–water partition coefficient (Wildman–Crippen LogP) is 6.79. The zero-order chi connectivity index (χ0) is 23.4. The Kier molecular flexibility index (Phi) is 7.19. The minimum absolute atomic E-state index is 0.173. The summed E-state index contributed by atoms with van der Waals surface area (Å²) >= 11 is 10.3. The van der Waals surface area contributed by atoms with E-state index in [1.807, 2.05) is 24.3 Å². The van der Waals surface area contributed by atoms with E-state index in [2.05, 4.69) is 22.0 Å². The Bertz CT molecular complexity index is 1300. The Labute approximate surface area is 208 Å². The smallest absolute Gasteiger partial charge is 0.293 e. The maximum atomic E-state index is 13.0. The number of halogens is 2. The molecule has 8 heteroatoms. The van der Waals surface area contributed by atoms with E-state index in [0.717, 1.165) is 27.4 Å². The van der Waals surface area contributed by atoms with Crippen molar-refractivity contribution in [3.63, 3.8) is 0 Å². The minimum Gasteiger partial charge on any atom is -0.488 e. The average molecular weight is 540 g/mol. The summed E-state index contributed by atoms with van der Waals surface area (Å²) < 4.78 is 6.78. The Morgan fingerprint density at radius 2 is 1.85 bits per heavy atom. The second-order valence-corrected chi connectivity index (χ2v) is 9.48. The third-order valence-electron chi connectivity index (χ3n) is 4.91. The van der Waals surface area contributed by atoms with Crippen LogP contribution in [-0.2, 0) is 17.9 Å². The van der Waals surface area contributed by atoms with Gasteiger partial charge in [-0.15, -0.1) is 0 Å². The fraction of sp³-hybridized carbons (Fsp3) is 0.0800. The molecule has 5 nitrogen and oxygen atoms in total. The standard InChI is InChI=1S/C25H16BrClN2O3S/c26-20-7-10-22(32-15-18-4-2-1-3-17(18)13-28)19(11-20)12-23-24(30)29(25(31)33-23)14-16-5-8-21(27)9-6-16/h1-12H,14-15H2. The van der Waals surface area contributed by atoms with Gasteiger partial charge in [0.1, 0.15) is 12.4 Å². The summed E-state index contributed by atoms with van der Waals surface area (Å²) in [6.45, 7) is 0.371. The van der Waals surface area contributed by atoms with E-state index in [1.54, 1.807) is 48.5 Å². The zero-order valence-corrected chi connectivity index (χ0v) is 20.3. The lowest BCUT2D eigenvalue weighted by molar-refractivity contribution is -0.123. The van der Waals surface area contributed by atoms with Crippen molar-refractivity contribution in [1.29, 1.82) is 5.26 Å². The summed E-state index contributed by atoms with van der Waals surface area (Å²) in [7, 11) is 0. The molecular weight excluding hydrogens is 524 g/mol. The zero-order valence-electron chi connectivity index (χ0n) is 17.1. The second-order valence-electron chi connectivity index (χ2n) is 7.13. The molecule has 0 saturated carbocycles. The molecule has 164 valence electrons. The highest BCUT2D eigenvalue weighted by molar-refractivity contribution is 9.10. The quantitative estimate of drug-likeness (QED) is 0.323. The van der Waals surface area contributed by atoms with Crippen LogP contribution in [0.3, 0.4) is 0 Å². The van der Waals surface area contributed by atoms with Gasteiger partial charge in [0.05, 0.1) is 23.1 Å². The molecule has 33 heavy (non-hydrogen) atoms. The van der Waals surface area contributed by atoms with E-state index in [-0.39, 0.29) is 24.3 Å². The van der Waals surface area contributed by atoms with Crippen LogP contribution in [0.1, 0.15) is 22.3 Å². The van der Waals surface area contributed by atoms with E-state index in [1.165, 1.54) is 4.90 Å². The molecule has 0 spiro atoms. The third-order valence-corrected chi connectivity index (χ3v) is 6.56. The van der Waals surface area contributed by atoms with Gasteiger partial charge in [-0.25, -0.2) is 0 Å². The number of nitrogens with zero attached hydrogens (tertiary/aromatic N) is 2. The van der Waals surface area contributed by atoms with E-state index in [9.17, 15) is 14.9 Å². The Morgan fingerprint density at radius 1 is 1.09 bits per heavy atom. The topological polar surface area (TPSA) is 70.4 Å². The third kappa shape index (κ3) is 5.48. The van der Waals surface area contributed by atoms with Crippen molar-refractivity contribution in [2.45, 2.75) is 13.2 Å². The molecule has 2 amide bonds. The van der Waals surface area contributed by atoms with Gasteiger partial charge in [0.2, 0.25) is 0 Å². The molecular formula is C25H16BrClN2O3S. The molecule has 0 unspecified atom stereocenters. The van der Waals surface area contributed by atoms with Crippen LogP contribution in [0.5, 0.6) is 5.75 Å². The van der Waals surface area contributed by atoms with Gasteiger partial charge in [0, 0.05) is 20.6 Å². The molecule has 1 fully saturated rings. The molecule has 0 aromatic heterocycles. The first-order valence-corrected chi connectivity index (χ1v) is 11.8. The number of carbonyl (C=O) groups is 2. The molecule has 1 heterocycles. The van der Waals surface area contributed by atoms with Crippen LogP contribution in [0.4, 0.5) is 4.79 Å². The summed E-state index contributed by atoms with van der Waals surface area (Å²) in [5.74, 6) is 0.177. The van der Waals surface area contributed by atoms with Crippen LogP contribution in [0.2, 0.25) is 5.02 Å². The fourth-order valence-electron chi connectivity index (χ4n) is 3.22. The molecule has 0 aliphatic carbocycles. The van der Waals surface area contributed by atoms with Crippen molar-refractivity contribution >= 4 is 56.5 Å². The van der Waals surface area contributed by atoms with Crippen molar-refractivity contribution in [2.75, 3.05) is 0 Å². The van der Waals surface area contributed by atoms with Crippen LogP contribution in [0, 0.1) is 11.3 Å². The number of hydrogen-bond donors (Lipinski definition) is 0. The molecule has 3 aromatic rings. The number of amides is 2. The number of nitriles is 1. The molecule has 1 aliphatic heterocycles. The molecule has 0 bridgehead atoms. The van der Waals surface area contributed by atoms with Gasteiger partial charge in [-0.3, -0.25) is 14.5 Å². The molecule has 1 aliphatic rings. The monoisotopic (exact) mass is 538 g/mol. The summed E-state index contributed by atoms with van der Waals surface area (Å²) in [5, 5.41) is 9.55. The van der Waals surface area contributed by atoms with Crippen molar-refractivity contribution in [1.82, 2.24) is 4.90 Å². The Balaban J connectivity index is 1.56. The van der Waals surface area contributed by atoms with E-state index in [4.69, 9.17) is 16.3 Å². The highest BCUT2D eigenvalue weighted by Crippen LogP contribution is 2.36. The molecule has 3 aromatic carbocycles. The first kappa shape index (κ1) is 23.1. The lowest BCUT2D eigenvalue weighted by atomic mass is 10.1. The molecule has 0 atom stereocenters. The number of hydrogen-bond acceptors (Lipinski definition) is 5. The lowest BCUT2D eigenvalue weighted by Crippen LogP contribution is -2.27. The van der Waals surface area contributed by atoms with Gasteiger partial charge >= 0.3 is 0 Å². The molecule has 0 radical (unpaired) electrons. The lowest BCUT2D eigenvalue weighted by Gasteiger charge is -2.13. The highest BCUT2D eigenvalue weighted by atomic mass is 79.9. The average Bonchev–Trinajstić information content (AvgIpc) is 3.07. The summed E-state index contributed by atoms with van der Waals surface area (Å²) in [5.41, 5.74) is 2.76. The summed E-state index contributed by atoms with van der Waals surface area (Å²) in [6, 6.07) is 21.8. The van der Waals surface area contributed by atoms with Crippen molar-refractivity contribution in [3.8, 4) is 11.8 Å². The van der Waals surface area contributed by atoms with Crippen molar-refractivity contribution < 1.29 is 14.3 Å². The van der Waals surface area contributed by atoms with Gasteiger partial charge in [-0.1, -0.05) is 57.9 Å². The van der Waals surface area contributed by atoms with E-state index in [0.29, 0.717) is 26.8 Å². The first-order chi connectivity index (χ1) is 15.9. The molecule has 4 rings (SSSR count). The van der Waals surface area contributed by atoms with Gasteiger partial charge < -0.3 is 4.74 Å². The highest BCUT2D eigenvalue weighted by Gasteiger charge is 2.35. The van der Waals surface area contributed by atoms with Crippen molar-refractivity contribution in [2.24, 2.45) is 0 Å². The number of imide groups is 1. The van der Waals surface area contributed by atoms with E-state index >= 15 is 0 Å². The molecule has 0 N–H and O–H groups in total.